The molecule has 2 saturated heterocycles. The SMILES string of the molecule is CO[C@@H]1CCN(c2nccc(Nc3cc4c(C(C)C)ncc(N5CC(CS(C)(=O)=O)C5)c4cn3)n2)C[C@]1(C)F. The standard InChI is InChI=1S/C27H36FN7O3S/c1-17(2)25-19-10-24(30-11-20(19)21(12-31-25)35-13-18(14-35)15-39(5,36)37)32-23-6-8-29-26(33-23)34-9-7-22(38-4)27(3,28)16-34/h6,8,10-12,17-18,22H,7,9,13-16H2,1-5H3,(H,29,30,32,33)/t22-,27+/m1/s1. The molecule has 3 aromatic heterocycles. The number of rotatable bonds is 8. The number of methoxy groups -OCH3 is 1. The van der Waals surface area contributed by atoms with Gasteiger partial charge in [0.2, 0.25) is 5.95 Å². The zero-order valence-electron chi connectivity index (χ0n) is 23.1. The number of fused-ring (bicyclic) bond motifs is 1. The van der Waals surface area contributed by atoms with E-state index in [-0.39, 0.29) is 24.1 Å². The largest absolute Gasteiger partial charge is 0.378 e. The fourth-order valence-electron chi connectivity index (χ4n) is 5.59. The number of nitrogens with one attached hydrogen (secondary N) is 1. The number of alkyl halides is 1. The van der Waals surface area contributed by atoms with Crippen molar-refractivity contribution in [1.82, 2.24) is 19.9 Å². The van der Waals surface area contributed by atoms with Crippen LogP contribution in [0.25, 0.3) is 10.8 Å². The number of sulfone groups is 1. The van der Waals surface area contributed by atoms with Gasteiger partial charge in [0.25, 0.3) is 0 Å². The Kier molecular flexibility index (Phi) is 7.36. The van der Waals surface area contributed by atoms with Crippen molar-refractivity contribution in [2.24, 2.45) is 5.92 Å². The van der Waals surface area contributed by atoms with Crippen LogP contribution >= 0.6 is 0 Å². The van der Waals surface area contributed by atoms with Crippen molar-refractivity contribution in [1.29, 1.82) is 0 Å². The maximum atomic E-state index is 15.1. The van der Waals surface area contributed by atoms with E-state index in [0.717, 1.165) is 22.2 Å². The summed E-state index contributed by atoms with van der Waals surface area (Å²) in [6, 6.07) is 3.73. The second kappa shape index (κ2) is 10.5. The summed E-state index contributed by atoms with van der Waals surface area (Å²) in [5, 5.41) is 5.23. The number of hydrogen-bond donors (Lipinski definition) is 1. The summed E-state index contributed by atoms with van der Waals surface area (Å²) in [6.07, 6.45) is 6.73. The van der Waals surface area contributed by atoms with Gasteiger partial charge in [-0.3, -0.25) is 4.98 Å². The van der Waals surface area contributed by atoms with Gasteiger partial charge in [-0.15, -0.1) is 0 Å². The zero-order valence-corrected chi connectivity index (χ0v) is 23.9. The molecule has 0 spiro atoms. The molecule has 0 saturated carbocycles. The molecule has 12 heteroatoms. The number of pyridine rings is 2. The fourth-order valence-corrected chi connectivity index (χ4v) is 6.65. The van der Waals surface area contributed by atoms with Crippen LogP contribution in [-0.4, -0.2) is 85.4 Å². The Labute approximate surface area is 228 Å². The zero-order chi connectivity index (χ0) is 27.9. The molecule has 1 N–H and O–H groups in total. The van der Waals surface area contributed by atoms with Crippen LogP contribution in [0.1, 0.15) is 38.8 Å². The summed E-state index contributed by atoms with van der Waals surface area (Å²) in [7, 11) is -1.47. The Morgan fingerprint density at radius 2 is 1.92 bits per heavy atom. The van der Waals surface area contributed by atoms with E-state index in [1.54, 1.807) is 19.2 Å². The third-order valence-electron chi connectivity index (χ3n) is 7.46. The van der Waals surface area contributed by atoms with Crippen LogP contribution in [-0.2, 0) is 14.6 Å². The van der Waals surface area contributed by atoms with E-state index in [1.165, 1.54) is 13.4 Å². The molecule has 0 unspecified atom stereocenters. The molecule has 2 aliphatic heterocycles. The first-order valence-electron chi connectivity index (χ1n) is 13.2. The first-order valence-corrected chi connectivity index (χ1v) is 15.3. The first kappa shape index (κ1) is 27.4. The van der Waals surface area contributed by atoms with E-state index in [4.69, 9.17) is 9.72 Å². The maximum Gasteiger partial charge on any atom is 0.227 e. The quantitative estimate of drug-likeness (QED) is 0.440. The van der Waals surface area contributed by atoms with E-state index in [1.807, 2.05) is 23.4 Å². The summed E-state index contributed by atoms with van der Waals surface area (Å²) in [4.78, 5) is 22.4. The molecular formula is C27H36FN7O3S. The lowest BCUT2D eigenvalue weighted by atomic mass is 9.93. The Balaban J connectivity index is 1.38. The molecule has 0 aromatic carbocycles. The van der Waals surface area contributed by atoms with Crippen LogP contribution in [0.15, 0.2) is 30.7 Å². The molecule has 3 aromatic rings. The van der Waals surface area contributed by atoms with Crippen LogP contribution in [0.3, 0.4) is 0 Å². The third kappa shape index (κ3) is 5.91. The van der Waals surface area contributed by atoms with Gasteiger partial charge >= 0.3 is 0 Å². The topological polar surface area (TPSA) is 113 Å². The lowest BCUT2D eigenvalue weighted by molar-refractivity contribution is -0.0381. The van der Waals surface area contributed by atoms with E-state index >= 15 is 4.39 Å². The minimum atomic E-state index is -3.01. The Morgan fingerprint density at radius 3 is 2.59 bits per heavy atom. The molecule has 5 rings (SSSR count). The number of anilines is 4. The molecule has 0 aliphatic carbocycles. The van der Waals surface area contributed by atoms with Gasteiger partial charge in [0, 0.05) is 62.1 Å². The van der Waals surface area contributed by atoms with Gasteiger partial charge in [-0.1, -0.05) is 13.8 Å². The predicted octanol–water partition coefficient (Wildman–Crippen LogP) is 3.72. The van der Waals surface area contributed by atoms with Crippen molar-refractivity contribution in [3.63, 3.8) is 0 Å². The Bertz CT molecular complexity index is 1460. The van der Waals surface area contributed by atoms with Crippen LogP contribution in [0, 0.1) is 5.92 Å². The normalized spacial score (nSPS) is 22.4. The van der Waals surface area contributed by atoms with E-state index in [2.05, 4.69) is 39.0 Å². The van der Waals surface area contributed by atoms with Crippen molar-refractivity contribution in [2.45, 2.75) is 44.9 Å². The highest BCUT2D eigenvalue weighted by molar-refractivity contribution is 7.90. The average Bonchev–Trinajstić information content (AvgIpc) is 2.84. The number of hydrogen-bond acceptors (Lipinski definition) is 10. The molecule has 210 valence electrons. The highest BCUT2D eigenvalue weighted by Crippen LogP contribution is 2.36. The molecule has 39 heavy (non-hydrogen) atoms. The fraction of sp³-hybridized carbons (Fsp3) is 0.556. The summed E-state index contributed by atoms with van der Waals surface area (Å²) in [6.45, 7) is 7.85. The number of ether oxygens (including phenoxy) is 1. The van der Waals surface area contributed by atoms with Crippen LogP contribution < -0.4 is 15.1 Å². The van der Waals surface area contributed by atoms with E-state index < -0.39 is 21.6 Å². The van der Waals surface area contributed by atoms with Crippen molar-refractivity contribution < 1.29 is 17.5 Å². The van der Waals surface area contributed by atoms with Crippen molar-refractivity contribution in [2.75, 3.05) is 60.4 Å². The van der Waals surface area contributed by atoms with Gasteiger partial charge in [0.05, 0.1) is 36.0 Å². The predicted molar refractivity (Wildman–Crippen MR) is 151 cm³/mol. The molecule has 2 atom stereocenters. The van der Waals surface area contributed by atoms with Gasteiger partial charge in [0.15, 0.2) is 5.67 Å². The Hall–Kier alpha value is -3.12. The number of piperidine rings is 1. The summed E-state index contributed by atoms with van der Waals surface area (Å²) < 4.78 is 43.8. The minimum Gasteiger partial charge on any atom is -0.378 e. The number of aromatic nitrogens is 4. The van der Waals surface area contributed by atoms with E-state index in [0.29, 0.717) is 43.6 Å². The van der Waals surface area contributed by atoms with Gasteiger partial charge in [0.1, 0.15) is 21.5 Å². The summed E-state index contributed by atoms with van der Waals surface area (Å²) in [5.74, 6) is 2.13. The Morgan fingerprint density at radius 1 is 1.15 bits per heavy atom. The molecule has 2 aliphatic rings. The molecule has 5 heterocycles. The van der Waals surface area contributed by atoms with Gasteiger partial charge in [-0.05, 0) is 31.4 Å². The third-order valence-corrected chi connectivity index (χ3v) is 8.54. The van der Waals surface area contributed by atoms with Crippen LogP contribution in [0.5, 0.6) is 0 Å². The minimum absolute atomic E-state index is 0.122. The highest BCUT2D eigenvalue weighted by atomic mass is 32.2. The van der Waals surface area contributed by atoms with Crippen molar-refractivity contribution >= 4 is 43.9 Å². The van der Waals surface area contributed by atoms with Gasteiger partial charge in [-0.25, -0.2) is 22.8 Å². The summed E-state index contributed by atoms with van der Waals surface area (Å²) >= 11 is 0. The lowest BCUT2D eigenvalue weighted by Gasteiger charge is -2.41. The first-order chi connectivity index (χ1) is 18.4. The molecule has 0 bridgehead atoms. The number of nitrogens with zero attached hydrogens (tertiary/aromatic N) is 6. The summed E-state index contributed by atoms with van der Waals surface area (Å²) in [5.41, 5.74) is 0.411. The highest BCUT2D eigenvalue weighted by Gasteiger charge is 2.41. The van der Waals surface area contributed by atoms with Gasteiger partial charge < -0.3 is 19.9 Å². The monoisotopic (exact) mass is 557 g/mol. The van der Waals surface area contributed by atoms with Crippen molar-refractivity contribution in [3.05, 3.63) is 36.4 Å². The molecule has 0 amide bonds. The van der Waals surface area contributed by atoms with E-state index in [9.17, 15) is 8.42 Å². The van der Waals surface area contributed by atoms with Crippen LogP contribution in [0.4, 0.5) is 27.7 Å². The van der Waals surface area contributed by atoms with Gasteiger partial charge in [-0.2, -0.15) is 4.98 Å². The number of halogens is 1. The van der Waals surface area contributed by atoms with Crippen molar-refractivity contribution in [3.8, 4) is 0 Å². The average molecular weight is 558 g/mol. The smallest absolute Gasteiger partial charge is 0.227 e. The van der Waals surface area contributed by atoms with Crippen LogP contribution in [0.2, 0.25) is 0 Å². The second-order valence-corrected chi connectivity index (χ2v) is 13.4. The molecule has 10 nitrogen and oxygen atoms in total. The maximum absolute atomic E-state index is 15.1. The molecule has 2 fully saturated rings. The second-order valence-electron chi connectivity index (χ2n) is 11.2. The lowest BCUT2D eigenvalue weighted by Crippen LogP contribution is -2.53. The molecule has 0 radical (unpaired) electrons. The molecular weight excluding hydrogens is 521 g/mol.